The molecule has 1 aromatic heterocycles. The predicted molar refractivity (Wildman–Crippen MR) is 65.9 cm³/mol. The van der Waals surface area contributed by atoms with Crippen LogP contribution >= 0.6 is 0 Å². The van der Waals surface area contributed by atoms with E-state index in [1.54, 1.807) is 0 Å². The maximum absolute atomic E-state index is 11.8. The van der Waals surface area contributed by atoms with Crippen LogP contribution in [0.4, 0.5) is 0 Å². The average Bonchev–Trinajstić information content (AvgIpc) is 2.63. The molecule has 0 fully saturated rings. The third-order valence-corrected chi connectivity index (χ3v) is 2.73. The van der Waals surface area contributed by atoms with Crippen LogP contribution in [-0.2, 0) is 0 Å². The van der Waals surface area contributed by atoms with E-state index < -0.39 is 0 Å². The zero-order valence-corrected chi connectivity index (χ0v) is 10.5. The van der Waals surface area contributed by atoms with Gasteiger partial charge in [0.05, 0.1) is 11.3 Å². The van der Waals surface area contributed by atoms with E-state index in [4.69, 9.17) is 5.11 Å². The molecule has 1 rings (SSSR count). The van der Waals surface area contributed by atoms with Gasteiger partial charge in [-0.3, -0.25) is 9.89 Å². The molecule has 0 aliphatic carbocycles. The number of nitrogens with one attached hydrogen (secondary N) is 2. The van der Waals surface area contributed by atoms with E-state index in [-0.39, 0.29) is 12.5 Å². The van der Waals surface area contributed by atoms with E-state index in [1.165, 1.54) is 0 Å². The molecular formula is C12H21N3O2. The number of aromatic nitrogens is 2. The van der Waals surface area contributed by atoms with Crippen LogP contribution in [0.5, 0.6) is 0 Å². The van der Waals surface area contributed by atoms with Gasteiger partial charge in [0.2, 0.25) is 0 Å². The summed E-state index contributed by atoms with van der Waals surface area (Å²) < 4.78 is 0. The minimum Gasteiger partial charge on any atom is -0.396 e. The van der Waals surface area contributed by atoms with E-state index in [0.29, 0.717) is 12.1 Å². The molecular weight excluding hydrogens is 218 g/mol. The number of hydrogen-bond donors (Lipinski definition) is 3. The van der Waals surface area contributed by atoms with E-state index in [1.807, 2.05) is 13.8 Å². The third kappa shape index (κ3) is 4.19. The first-order chi connectivity index (χ1) is 8.16. The second-order valence-corrected chi connectivity index (χ2v) is 4.20. The molecule has 5 heteroatoms. The van der Waals surface area contributed by atoms with Crippen molar-refractivity contribution in [1.82, 2.24) is 15.5 Å². The molecule has 0 saturated carbocycles. The van der Waals surface area contributed by atoms with Crippen molar-refractivity contribution in [2.75, 3.05) is 13.2 Å². The first-order valence-electron chi connectivity index (χ1n) is 6.07. The van der Waals surface area contributed by atoms with Gasteiger partial charge in [-0.1, -0.05) is 12.8 Å². The van der Waals surface area contributed by atoms with Crippen LogP contribution in [0.3, 0.4) is 0 Å². The van der Waals surface area contributed by atoms with Gasteiger partial charge in [0.25, 0.3) is 5.91 Å². The topological polar surface area (TPSA) is 78.0 Å². The summed E-state index contributed by atoms with van der Waals surface area (Å²) in [5, 5.41) is 18.3. The van der Waals surface area contributed by atoms with Gasteiger partial charge in [-0.25, -0.2) is 0 Å². The first-order valence-corrected chi connectivity index (χ1v) is 6.07. The summed E-state index contributed by atoms with van der Waals surface area (Å²) >= 11 is 0. The Morgan fingerprint density at radius 3 is 2.59 bits per heavy atom. The Bertz CT molecular complexity index is 341. The van der Waals surface area contributed by atoms with Crippen molar-refractivity contribution in [3.8, 4) is 0 Å². The highest BCUT2D eigenvalue weighted by Gasteiger charge is 2.13. The molecule has 0 bridgehead atoms. The quantitative estimate of drug-likeness (QED) is 0.628. The Hall–Kier alpha value is -1.36. The number of aliphatic hydroxyl groups is 1. The lowest BCUT2D eigenvalue weighted by Crippen LogP contribution is -2.25. The Morgan fingerprint density at radius 1 is 1.29 bits per heavy atom. The summed E-state index contributed by atoms with van der Waals surface area (Å²) in [5.74, 6) is -0.0593. The highest BCUT2D eigenvalue weighted by Crippen LogP contribution is 2.08. The third-order valence-electron chi connectivity index (χ3n) is 2.73. The Balaban J connectivity index is 2.26. The summed E-state index contributed by atoms with van der Waals surface area (Å²) in [6.45, 7) is 4.59. The lowest BCUT2D eigenvalue weighted by Gasteiger charge is -2.05. The van der Waals surface area contributed by atoms with Crippen LogP contribution in [0.25, 0.3) is 0 Å². The molecule has 1 aromatic rings. The molecule has 1 amide bonds. The second kappa shape index (κ2) is 7.06. The number of aromatic amines is 1. The molecule has 17 heavy (non-hydrogen) atoms. The number of carbonyl (C=O) groups excluding carboxylic acids is 1. The highest BCUT2D eigenvalue weighted by molar-refractivity contribution is 5.96. The number of H-pyrrole nitrogens is 1. The van der Waals surface area contributed by atoms with E-state index in [9.17, 15) is 4.79 Å². The molecule has 96 valence electrons. The maximum atomic E-state index is 11.8. The lowest BCUT2D eigenvalue weighted by atomic mass is 10.1. The van der Waals surface area contributed by atoms with Crippen molar-refractivity contribution in [2.45, 2.75) is 39.5 Å². The van der Waals surface area contributed by atoms with Crippen molar-refractivity contribution < 1.29 is 9.90 Å². The number of amides is 1. The van der Waals surface area contributed by atoms with Crippen LogP contribution in [0.2, 0.25) is 0 Å². The normalized spacial score (nSPS) is 10.5. The first kappa shape index (κ1) is 13.7. The number of nitrogens with zero attached hydrogens (tertiary/aromatic N) is 1. The molecule has 0 saturated heterocycles. The van der Waals surface area contributed by atoms with Crippen LogP contribution in [0, 0.1) is 13.8 Å². The summed E-state index contributed by atoms with van der Waals surface area (Å²) in [6.07, 6.45) is 3.83. The van der Waals surface area contributed by atoms with Crippen molar-refractivity contribution in [2.24, 2.45) is 0 Å². The number of unbranched alkanes of at least 4 members (excludes halogenated alkanes) is 3. The summed E-state index contributed by atoms with van der Waals surface area (Å²) in [4.78, 5) is 11.8. The fraction of sp³-hybridized carbons (Fsp3) is 0.667. The largest absolute Gasteiger partial charge is 0.396 e. The standard InChI is InChI=1S/C12H21N3O2/c1-9-11(10(2)15-14-9)12(17)13-7-5-3-4-6-8-16/h16H,3-8H2,1-2H3,(H,13,17)(H,14,15). The molecule has 0 aromatic carbocycles. The summed E-state index contributed by atoms with van der Waals surface area (Å²) in [7, 11) is 0. The number of aliphatic hydroxyl groups excluding tert-OH is 1. The number of carbonyl (C=O) groups is 1. The van der Waals surface area contributed by atoms with Crippen molar-refractivity contribution in [1.29, 1.82) is 0 Å². The summed E-state index contributed by atoms with van der Waals surface area (Å²) in [5.41, 5.74) is 2.20. The molecule has 0 radical (unpaired) electrons. The Labute approximate surface area is 102 Å². The van der Waals surface area contributed by atoms with Crippen LogP contribution < -0.4 is 5.32 Å². The van der Waals surface area contributed by atoms with Gasteiger partial charge in [0.1, 0.15) is 0 Å². The second-order valence-electron chi connectivity index (χ2n) is 4.20. The van der Waals surface area contributed by atoms with Crippen LogP contribution in [0.1, 0.15) is 47.4 Å². The van der Waals surface area contributed by atoms with Gasteiger partial charge in [0, 0.05) is 18.8 Å². The van der Waals surface area contributed by atoms with E-state index in [0.717, 1.165) is 37.1 Å². The fourth-order valence-corrected chi connectivity index (χ4v) is 1.77. The van der Waals surface area contributed by atoms with Crippen molar-refractivity contribution in [3.05, 3.63) is 17.0 Å². The number of rotatable bonds is 7. The molecule has 0 unspecified atom stereocenters. The molecule has 1 heterocycles. The minimum absolute atomic E-state index is 0.0593. The average molecular weight is 239 g/mol. The number of hydrogen-bond acceptors (Lipinski definition) is 3. The lowest BCUT2D eigenvalue weighted by molar-refractivity contribution is 0.0951. The Morgan fingerprint density at radius 2 is 2.00 bits per heavy atom. The van der Waals surface area contributed by atoms with Crippen molar-refractivity contribution in [3.63, 3.8) is 0 Å². The van der Waals surface area contributed by atoms with E-state index in [2.05, 4.69) is 15.5 Å². The molecule has 0 atom stereocenters. The van der Waals surface area contributed by atoms with Crippen molar-refractivity contribution >= 4 is 5.91 Å². The zero-order chi connectivity index (χ0) is 12.7. The SMILES string of the molecule is Cc1n[nH]c(C)c1C(=O)NCCCCCCO. The van der Waals surface area contributed by atoms with Crippen LogP contribution in [0.15, 0.2) is 0 Å². The van der Waals surface area contributed by atoms with Gasteiger partial charge in [-0.2, -0.15) is 5.10 Å². The summed E-state index contributed by atoms with van der Waals surface area (Å²) in [6, 6.07) is 0. The van der Waals surface area contributed by atoms with Crippen LogP contribution in [-0.4, -0.2) is 34.4 Å². The predicted octanol–water partition coefficient (Wildman–Crippen LogP) is 1.31. The maximum Gasteiger partial charge on any atom is 0.255 e. The fourth-order valence-electron chi connectivity index (χ4n) is 1.77. The van der Waals surface area contributed by atoms with E-state index >= 15 is 0 Å². The zero-order valence-electron chi connectivity index (χ0n) is 10.5. The molecule has 0 aliphatic heterocycles. The minimum atomic E-state index is -0.0593. The highest BCUT2D eigenvalue weighted by atomic mass is 16.2. The van der Waals surface area contributed by atoms with Gasteiger partial charge < -0.3 is 10.4 Å². The monoisotopic (exact) mass is 239 g/mol. The van der Waals surface area contributed by atoms with Gasteiger partial charge in [0.15, 0.2) is 0 Å². The molecule has 5 nitrogen and oxygen atoms in total. The molecule has 0 spiro atoms. The smallest absolute Gasteiger partial charge is 0.255 e. The molecule has 0 aliphatic rings. The molecule has 3 N–H and O–H groups in total. The van der Waals surface area contributed by atoms with Gasteiger partial charge in [-0.05, 0) is 26.7 Å². The van der Waals surface area contributed by atoms with Gasteiger partial charge in [-0.15, -0.1) is 0 Å². The van der Waals surface area contributed by atoms with Gasteiger partial charge >= 0.3 is 0 Å². The number of aryl methyl sites for hydroxylation is 2. The Kier molecular flexibility index (Phi) is 5.69.